The van der Waals surface area contributed by atoms with Crippen molar-refractivity contribution in [1.82, 2.24) is 9.80 Å². The largest absolute Gasteiger partial charge is 0.349 e. The van der Waals surface area contributed by atoms with E-state index in [-0.39, 0.29) is 11.8 Å². The molecule has 0 N–H and O–H groups in total. The second-order valence-electron chi connectivity index (χ2n) is 4.89. The van der Waals surface area contributed by atoms with E-state index >= 15 is 0 Å². The minimum Gasteiger partial charge on any atom is -0.349 e. The van der Waals surface area contributed by atoms with Gasteiger partial charge in [-0.3, -0.25) is 9.69 Å². The molecule has 0 aliphatic carbocycles. The molecule has 1 saturated heterocycles. The Hall–Kier alpha value is -0.870. The van der Waals surface area contributed by atoms with Gasteiger partial charge in [0.15, 0.2) is 0 Å². The Morgan fingerprint density at radius 1 is 1.59 bits per heavy atom. The van der Waals surface area contributed by atoms with Crippen LogP contribution in [0.15, 0.2) is 17.5 Å². The molecular weight excluding hydrogens is 232 g/mol. The summed E-state index contributed by atoms with van der Waals surface area (Å²) in [6, 6.07) is 4.26. The number of nitrogens with zero attached hydrogens (tertiary/aromatic N) is 2. The average molecular weight is 252 g/mol. The van der Waals surface area contributed by atoms with Crippen LogP contribution in [-0.2, 0) is 11.3 Å². The molecular formula is C13H20N2OS. The first-order chi connectivity index (χ1) is 8.16. The highest BCUT2D eigenvalue weighted by Gasteiger charge is 2.26. The van der Waals surface area contributed by atoms with Crippen molar-refractivity contribution >= 4 is 17.2 Å². The van der Waals surface area contributed by atoms with Crippen LogP contribution in [-0.4, -0.2) is 42.9 Å². The Bertz CT molecular complexity index is 362. The monoisotopic (exact) mass is 252 g/mol. The summed E-state index contributed by atoms with van der Waals surface area (Å²) in [5.74, 6) is 0.472. The summed E-state index contributed by atoms with van der Waals surface area (Å²) in [4.78, 5) is 17.5. The van der Waals surface area contributed by atoms with Crippen LogP contribution in [0.2, 0.25) is 0 Å². The van der Waals surface area contributed by atoms with Crippen molar-refractivity contribution in [3.63, 3.8) is 0 Å². The van der Waals surface area contributed by atoms with Crippen molar-refractivity contribution < 1.29 is 4.79 Å². The normalized spacial score (nSPS) is 21.4. The number of carbonyl (C=O) groups excluding carboxylic acids is 1. The predicted molar refractivity (Wildman–Crippen MR) is 71.0 cm³/mol. The molecule has 0 radical (unpaired) electrons. The number of thiophene rings is 1. The fraction of sp³-hybridized carbons (Fsp3) is 0.615. The van der Waals surface area contributed by atoms with E-state index in [0.29, 0.717) is 0 Å². The van der Waals surface area contributed by atoms with Gasteiger partial charge in [0.25, 0.3) is 0 Å². The number of amides is 1. The van der Waals surface area contributed by atoms with E-state index in [1.54, 1.807) is 16.2 Å². The fourth-order valence-electron chi connectivity index (χ4n) is 2.39. The molecule has 1 aliphatic heterocycles. The lowest BCUT2D eigenvalue weighted by molar-refractivity contribution is -0.134. The van der Waals surface area contributed by atoms with Gasteiger partial charge < -0.3 is 4.90 Å². The van der Waals surface area contributed by atoms with Gasteiger partial charge in [0.2, 0.25) is 5.91 Å². The predicted octanol–water partition coefficient (Wildman–Crippen LogP) is 2.05. The Labute approximate surface area is 107 Å². The molecule has 0 aromatic carbocycles. The smallest absolute Gasteiger partial charge is 0.226 e. The van der Waals surface area contributed by atoms with Gasteiger partial charge in [0, 0.05) is 32.1 Å². The zero-order valence-corrected chi connectivity index (χ0v) is 11.4. The van der Waals surface area contributed by atoms with Crippen LogP contribution >= 0.6 is 11.3 Å². The first-order valence-corrected chi connectivity index (χ1v) is 7.00. The van der Waals surface area contributed by atoms with Crippen molar-refractivity contribution in [2.45, 2.75) is 19.4 Å². The number of hydrogen-bond acceptors (Lipinski definition) is 3. The van der Waals surface area contributed by atoms with Crippen molar-refractivity contribution in [1.29, 1.82) is 0 Å². The van der Waals surface area contributed by atoms with E-state index in [2.05, 4.69) is 22.4 Å². The molecule has 4 heteroatoms. The highest BCUT2D eigenvalue weighted by atomic mass is 32.1. The molecule has 2 heterocycles. The Balaban J connectivity index is 1.91. The number of rotatable bonds is 3. The third kappa shape index (κ3) is 3.30. The van der Waals surface area contributed by atoms with Gasteiger partial charge in [-0.1, -0.05) is 6.07 Å². The van der Waals surface area contributed by atoms with Crippen LogP contribution < -0.4 is 0 Å². The summed E-state index contributed by atoms with van der Waals surface area (Å²) in [5, 5.41) is 2.11. The number of hydrogen-bond donors (Lipinski definition) is 0. The molecule has 1 aromatic rings. The summed E-state index contributed by atoms with van der Waals surface area (Å²) in [7, 11) is 3.70. The molecule has 1 atom stereocenters. The summed E-state index contributed by atoms with van der Waals surface area (Å²) in [5.41, 5.74) is 0. The van der Waals surface area contributed by atoms with Crippen LogP contribution in [0.3, 0.4) is 0 Å². The zero-order chi connectivity index (χ0) is 12.3. The van der Waals surface area contributed by atoms with Gasteiger partial charge in [-0.2, -0.15) is 0 Å². The third-order valence-electron chi connectivity index (χ3n) is 3.26. The molecule has 94 valence electrons. The van der Waals surface area contributed by atoms with Crippen LogP contribution in [0.5, 0.6) is 0 Å². The van der Waals surface area contributed by atoms with E-state index in [4.69, 9.17) is 0 Å². The summed E-state index contributed by atoms with van der Waals surface area (Å²) < 4.78 is 0. The molecule has 0 saturated carbocycles. The molecule has 3 nitrogen and oxygen atoms in total. The molecule has 1 aromatic heterocycles. The second-order valence-corrected chi connectivity index (χ2v) is 5.92. The number of likely N-dealkylation sites (tertiary alicyclic amines) is 1. The number of carbonyl (C=O) groups is 1. The van der Waals surface area contributed by atoms with E-state index in [1.165, 1.54) is 4.88 Å². The van der Waals surface area contributed by atoms with Crippen molar-refractivity contribution in [3.05, 3.63) is 22.4 Å². The van der Waals surface area contributed by atoms with Crippen LogP contribution in [0, 0.1) is 5.92 Å². The van der Waals surface area contributed by atoms with Crippen molar-refractivity contribution in [3.8, 4) is 0 Å². The van der Waals surface area contributed by atoms with Crippen molar-refractivity contribution in [2.24, 2.45) is 5.92 Å². The Morgan fingerprint density at radius 2 is 2.41 bits per heavy atom. The molecule has 2 rings (SSSR count). The fourth-order valence-corrected chi connectivity index (χ4v) is 3.13. The van der Waals surface area contributed by atoms with Crippen LogP contribution in [0.4, 0.5) is 0 Å². The lowest BCUT2D eigenvalue weighted by Gasteiger charge is -2.32. The molecule has 0 spiro atoms. The first-order valence-electron chi connectivity index (χ1n) is 6.12. The van der Waals surface area contributed by atoms with E-state index < -0.39 is 0 Å². The highest BCUT2D eigenvalue weighted by Crippen LogP contribution is 2.21. The van der Waals surface area contributed by atoms with Gasteiger partial charge in [-0.25, -0.2) is 0 Å². The minimum absolute atomic E-state index is 0.193. The topological polar surface area (TPSA) is 23.6 Å². The maximum absolute atomic E-state index is 11.9. The van der Waals surface area contributed by atoms with Crippen LogP contribution in [0.25, 0.3) is 0 Å². The van der Waals surface area contributed by atoms with Gasteiger partial charge in [-0.05, 0) is 30.8 Å². The third-order valence-corrected chi connectivity index (χ3v) is 4.12. The van der Waals surface area contributed by atoms with Crippen LogP contribution in [0.1, 0.15) is 17.7 Å². The maximum Gasteiger partial charge on any atom is 0.226 e. The molecule has 17 heavy (non-hydrogen) atoms. The van der Waals surface area contributed by atoms with E-state index in [9.17, 15) is 4.79 Å². The average Bonchev–Trinajstić information content (AvgIpc) is 2.81. The molecule has 1 aliphatic rings. The van der Waals surface area contributed by atoms with Gasteiger partial charge in [0.05, 0.1) is 5.92 Å². The summed E-state index contributed by atoms with van der Waals surface area (Å²) >= 11 is 1.80. The molecule has 0 bridgehead atoms. The van der Waals surface area contributed by atoms with Gasteiger partial charge in [-0.15, -0.1) is 11.3 Å². The summed E-state index contributed by atoms with van der Waals surface area (Å²) in [6.45, 7) is 3.03. The minimum atomic E-state index is 0.193. The quantitative estimate of drug-likeness (QED) is 0.822. The number of piperidine rings is 1. The Morgan fingerprint density at radius 3 is 3.06 bits per heavy atom. The molecule has 0 unspecified atom stereocenters. The van der Waals surface area contributed by atoms with E-state index in [1.807, 2.05) is 14.1 Å². The lowest BCUT2D eigenvalue weighted by Crippen LogP contribution is -2.42. The van der Waals surface area contributed by atoms with Crippen molar-refractivity contribution in [2.75, 3.05) is 27.2 Å². The standard InChI is InChI=1S/C13H20N2OS/c1-14(2)13(16)11-5-3-7-15(9-11)10-12-6-4-8-17-12/h4,6,8,11H,3,5,7,9-10H2,1-2H3/t11-/m1/s1. The maximum atomic E-state index is 11.9. The van der Waals surface area contributed by atoms with E-state index in [0.717, 1.165) is 32.5 Å². The second kappa shape index (κ2) is 5.65. The first kappa shape index (κ1) is 12.6. The molecule has 1 fully saturated rings. The zero-order valence-electron chi connectivity index (χ0n) is 10.6. The van der Waals surface area contributed by atoms with Gasteiger partial charge in [0.1, 0.15) is 0 Å². The Kier molecular flexibility index (Phi) is 4.18. The van der Waals surface area contributed by atoms with Gasteiger partial charge >= 0.3 is 0 Å². The summed E-state index contributed by atoms with van der Waals surface area (Å²) in [6.07, 6.45) is 2.17. The lowest BCUT2D eigenvalue weighted by atomic mass is 9.97. The SMILES string of the molecule is CN(C)C(=O)[C@@H]1CCCN(Cc2cccs2)C1. The molecule has 1 amide bonds. The highest BCUT2D eigenvalue weighted by molar-refractivity contribution is 7.09.